The number of hydrogen-bond acceptors (Lipinski definition) is 3. The molecule has 0 saturated carbocycles. The number of aryl methyl sites for hydroxylation is 1. The molecular formula is C19H25FN4O. The molecule has 1 heterocycles. The van der Waals surface area contributed by atoms with Crippen molar-refractivity contribution in [2.45, 2.75) is 33.4 Å². The van der Waals surface area contributed by atoms with Crippen LogP contribution in [0.15, 0.2) is 41.5 Å². The van der Waals surface area contributed by atoms with Gasteiger partial charge in [0.25, 0.3) is 0 Å². The Hall–Kier alpha value is -2.63. The number of hydrogen-bond donors (Lipinski definition) is 2. The topological polar surface area (TPSA) is 58.5 Å². The summed E-state index contributed by atoms with van der Waals surface area (Å²) in [5.41, 5.74) is 2.41. The van der Waals surface area contributed by atoms with Gasteiger partial charge >= 0.3 is 0 Å². The third-order valence-corrected chi connectivity index (χ3v) is 3.84. The van der Waals surface area contributed by atoms with E-state index >= 15 is 0 Å². The summed E-state index contributed by atoms with van der Waals surface area (Å²) < 4.78 is 19.0. The molecule has 2 N–H and O–H groups in total. The van der Waals surface area contributed by atoms with Crippen LogP contribution in [0.5, 0.6) is 5.88 Å². The number of aromatic nitrogens is 1. The minimum atomic E-state index is -0.201. The fraction of sp³-hybridized carbons (Fsp3) is 0.368. The smallest absolute Gasteiger partial charge is 0.218 e. The highest BCUT2D eigenvalue weighted by molar-refractivity contribution is 5.80. The van der Waals surface area contributed by atoms with E-state index in [9.17, 15) is 4.39 Å². The van der Waals surface area contributed by atoms with Crippen molar-refractivity contribution in [3.05, 3.63) is 59.0 Å². The largest absolute Gasteiger partial charge is 0.481 e. The highest BCUT2D eigenvalue weighted by atomic mass is 19.1. The van der Waals surface area contributed by atoms with Gasteiger partial charge in [-0.05, 0) is 44.0 Å². The molecule has 1 atom stereocenters. The Morgan fingerprint density at radius 3 is 2.84 bits per heavy atom. The molecule has 0 saturated heterocycles. The molecule has 134 valence electrons. The first kappa shape index (κ1) is 18.7. The Kier molecular flexibility index (Phi) is 6.74. The van der Waals surface area contributed by atoms with Gasteiger partial charge in [0.2, 0.25) is 5.88 Å². The van der Waals surface area contributed by atoms with Crippen molar-refractivity contribution in [3.8, 4) is 5.88 Å². The molecule has 1 aromatic heterocycles. The number of nitrogens with zero attached hydrogens (tertiary/aromatic N) is 2. The van der Waals surface area contributed by atoms with Gasteiger partial charge in [-0.15, -0.1) is 0 Å². The van der Waals surface area contributed by atoms with Gasteiger partial charge in [0.05, 0.1) is 19.7 Å². The van der Waals surface area contributed by atoms with Crippen molar-refractivity contribution >= 4 is 5.96 Å². The van der Waals surface area contributed by atoms with E-state index < -0.39 is 0 Å². The summed E-state index contributed by atoms with van der Waals surface area (Å²) in [6, 6.07) is 8.96. The molecule has 6 heteroatoms. The molecular weight excluding hydrogens is 319 g/mol. The molecule has 0 radical (unpaired) electrons. The molecule has 25 heavy (non-hydrogen) atoms. The number of pyridine rings is 1. The van der Waals surface area contributed by atoms with Gasteiger partial charge in [-0.3, -0.25) is 0 Å². The van der Waals surface area contributed by atoms with Gasteiger partial charge in [-0.2, -0.15) is 0 Å². The standard InChI is InChI=1S/C19H25FN4O/c1-5-21-19(23-12-16-7-6-10-22-18(16)25-4)24-14(3)15-9-8-13(2)17(20)11-15/h6-11,14H,5,12H2,1-4H3,(H2,21,23,24). The number of aliphatic imine (C=N–C) groups is 1. The molecule has 2 rings (SSSR count). The summed E-state index contributed by atoms with van der Waals surface area (Å²) in [5, 5.41) is 6.50. The van der Waals surface area contributed by atoms with E-state index in [0.29, 0.717) is 23.9 Å². The second-order valence-electron chi connectivity index (χ2n) is 5.74. The lowest BCUT2D eigenvalue weighted by Gasteiger charge is -2.18. The molecule has 0 aliphatic rings. The maximum Gasteiger partial charge on any atom is 0.218 e. The predicted octanol–water partition coefficient (Wildman–Crippen LogP) is 3.35. The Balaban J connectivity index is 2.12. The second-order valence-corrected chi connectivity index (χ2v) is 5.74. The maximum atomic E-state index is 13.8. The number of ether oxygens (including phenoxy) is 1. The molecule has 0 amide bonds. The molecule has 0 aliphatic heterocycles. The van der Waals surface area contributed by atoms with Crippen LogP contribution in [0.4, 0.5) is 4.39 Å². The summed E-state index contributed by atoms with van der Waals surface area (Å²) in [5.74, 6) is 1.02. The van der Waals surface area contributed by atoms with Crippen LogP contribution < -0.4 is 15.4 Å². The van der Waals surface area contributed by atoms with Crippen molar-refractivity contribution in [1.82, 2.24) is 15.6 Å². The van der Waals surface area contributed by atoms with Crippen molar-refractivity contribution in [2.24, 2.45) is 4.99 Å². The molecule has 2 aromatic rings. The average molecular weight is 344 g/mol. The number of guanidine groups is 1. The van der Waals surface area contributed by atoms with Crippen LogP contribution in [0.25, 0.3) is 0 Å². The van der Waals surface area contributed by atoms with E-state index in [-0.39, 0.29) is 11.9 Å². The predicted molar refractivity (Wildman–Crippen MR) is 98.3 cm³/mol. The van der Waals surface area contributed by atoms with Gasteiger partial charge < -0.3 is 15.4 Å². The molecule has 1 unspecified atom stereocenters. The van der Waals surface area contributed by atoms with Crippen LogP contribution in [-0.4, -0.2) is 24.6 Å². The van der Waals surface area contributed by atoms with Gasteiger partial charge in [0.15, 0.2) is 5.96 Å². The monoisotopic (exact) mass is 344 g/mol. The van der Waals surface area contributed by atoms with Crippen LogP contribution in [0, 0.1) is 12.7 Å². The second kappa shape index (κ2) is 9.01. The van der Waals surface area contributed by atoms with Crippen molar-refractivity contribution in [3.63, 3.8) is 0 Å². The third kappa shape index (κ3) is 5.17. The normalized spacial score (nSPS) is 12.6. The lowest BCUT2D eigenvalue weighted by Crippen LogP contribution is -2.38. The minimum Gasteiger partial charge on any atom is -0.481 e. The first-order valence-electron chi connectivity index (χ1n) is 8.34. The van der Waals surface area contributed by atoms with Crippen LogP contribution in [0.2, 0.25) is 0 Å². The number of halogens is 1. The average Bonchev–Trinajstić information content (AvgIpc) is 2.62. The Bertz CT molecular complexity index is 733. The molecule has 0 bridgehead atoms. The zero-order chi connectivity index (χ0) is 18.2. The zero-order valence-electron chi connectivity index (χ0n) is 15.1. The Morgan fingerprint density at radius 2 is 2.16 bits per heavy atom. The highest BCUT2D eigenvalue weighted by Gasteiger charge is 2.10. The number of methoxy groups -OCH3 is 1. The minimum absolute atomic E-state index is 0.0799. The van der Waals surface area contributed by atoms with E-state index in [2.05, 4.69) is 20.6 Å². The van der Waals surface area contributed by atoms with Crippen LogP contribution in [-0.2, 0) is 6.54 Å². The van der Waals surface area contributed by atoms with Crippen LogP contribution >= 0.6 is 0 Å². The summed E-state index contributed by atoms with van der Waals surface area (Å²) >= 11 is 0. The van der Waals surface area contributed by atoms with E-state index in [4.69, 9.17) is 4.74 Å². The lowest BCUT2D eigenvalue weighted by molar-refractivity contribution is 0.392. The van der Waals surface area contributed by atoms with E-state index in [1.54, 1.807) is 32.4 Å². The molecule has 1 aromatic carbocycles. The van der Waals surface area contributed by atoms with Crippen LogP contribution in [0.1, 0.15) is 36.6 Å². The van der Waals surface area contributed by atoms with Gasteiger partial charge in [0, 0.05) is 18.3 Å². The van der Waals surface area contributed by atoms with Crippen LogP contribution in [0.3, 0.4) is 0 Å². The first-order chi connectivity index (χ1) is 12.0. The lowest BCUT2D eigenvalue weighted by atomic mass is 10.1. The summed E-state index contributed by atoms with van der Waals surface area (Å²) in [6.07, 6.45) is 1.68. The summed E-state index contributed by atoms with van der Waals surface area (Å²) in [7, 11) is 1.59. The van der Waals surface area contributed by atoms with Gasteiger partial charge in [-0.25, -0.2) is 14.4 Å². The fourth-order valence-corrected chi connectivity index (χ4v) is 2.38. The van der Waals surface area contributed by atoms with E-state index in [1.807, 2.05) is 32.0 Å². The number of benzene rings is 1. The van der Waals surface area contributed by atoms with Gasteiger partial charge in [0.1, 0.15) is 5.82 Å². The number of rotatable bonds is 6. The first-order valence-corrected chi connectivity index (χ1v) is 8.34. The third-order valence-electron chi connectivity index (χ3n) is 3.84. The van der Waals surface area contributed by atoms with Crippen molar-refractivity contribution in [2.75, 3.05) is 13.7 Å². The summed E-state index contributed by atoms with van der Waals surface area (Å²) in [4.78, 5) is 8.75. The zero-order valence-corrected chi connectivity index (χ0v) is 15.1. The van der Waals surface area contributed by atoms with Crippen molar-refractivity contribution < 1.29 is 9.13 Å². The quantitative estimate of drug-likeness (QED) is 0.623. The SMILES string of the molecule is CCNC(=NCc1cccnc1OC)NC(C)c1ccc(C)c(F)c1. The molecule has 5 nitrogen and oxygen atoms in total. The Labute approximate surface area is 148 Å². The molecule has 0 fully saturated rings. The van der Waals surface area contributed by atoms with E-state index in [0.717, 1.165) is 17.7 Å². The van der Waals surface area contributed by atoms with Gasteiger partial charge in [-0.1, -0.05) is 18.2 Å². The Morgan fingerprint density at radius 1 is 1.36 bits per heavy atom. The number of nitrogens with one attached hydrogen (secondary N) is 2. The highest BCUT2D eigenvalue weighted by Crippen LogP contribution is 2.17. The fourth-order valence-electron chi connectivity index (χ4n) is 2.38. The van der Waals surface area contributed by atoms with Crippen molar-refractivity contribution in [1.29, 1.82) is 0 Å². The summed E-state index contributed by atoms with van der Waals surface area (Å²) in [6.45, 7) is 6.88. The molecule has 0 aliphatic carbocycles. The molecule has 0 spiro atoms. The maximum absolute atomic E-state index is 13.8. The van der Waals surface area contributed by atoms with E-state index in [1.165, 1.54) is 0 Å².